The highest BCUT2D eigenvalue weighted by Crippen LogP contribution is 2.37. The molecule has 3 aliphatic rings. The Labute approximate surface area is 190 Å². The lowest BCUT2D eigenvalue weighted by atomic mass is 10.1. The number of carbonyl (C=O) groups excluding carboxylic acids is 2. The minimum Gasteiger partial charge on any atom is -0.449 e. The van der Waals surface area contributed by atoms with Gasteiger partial charge >= 0.3 is 5.97 Å². The van der Waals surface area contributed by atoms with E-state index < -0.39 is 28.0 Å². The van der Waals surface area contributed by atoms with Gasteiger partial charge in [0.1, 0.15) is 16.9 Å². The minimum atomic E-state index is -3.49. The Hall–Kier alpha value is -2.97. The monoisotopic (exact) mass is 474 g/mol. The van der Waals surface area contributed by atoms with Crippen LogP contribution in [0.4, 0.5) is 5.00 Å². The Bertz CT molecular complexity index is 1200. The number of amides is 1. The number of nitriles is 1. The zero-order valence-electron chi connectivity index (χ0n) is 17.5. The molecule has 0 bridgehead atoms. The highest BCUT2D eigenvalue weighted by atomic mass is 32.2. The van der Waals surface area contributed by atoms with Crippen molar-refractivity contribution < 1.29 is 22.7 Å². The fourth-order valence-electron chi connectivity index (χ4n) is 3.77. The van der Waals surface area contributed by atoms with Gasteiger partial charge in [0.25, 0.3) is 15.9 Å². The van der Waals surface area contributed by atoms with Crippen LogP contribution in [0.5, 0.6) is 0 Å². The Kier molecular flexibility index (Phi) is 6.17. The van der Waals surface area contributed by atoms with E-state index in [9.17, 15) is 23.3 Å². The Morgan fingerprint density at radius 1 is 1.28 bits per heavy atom. The molecule has 1 N–H and O–H groups in total. The average Bonchev–Trinajstić information content (AvgIpc) is 2.91. The van der Waals surface area contributed by atoms with E-state index in [4.69, 9.17) is 4.74 Å². The van der Waals surface area contributed by atoms with E-state index in [0.717, 1.165) is 42.5 Å². The second-order valence-corrected chi connectivity index (χ2v) is 10.6. The van der Waals surface area contributed by atoms with Crippen LogP contribution in [-0.2, 0) is 37.2 Å². The van der Waals surface area contributed by atoms with E-state index in [2.05, 4.69) is 15.8 Å². The number of esters is 1. The Balaban J connectivity index is 1.42. The summed E-state index contributed by atoms with van der Waals surface area (Å²) < 4.78 is 32.2. The maximum absolute atomic E-state index is 12.7. The number of nitrogens with zero attached hydrogens (tertiary/aromatic N) is 3. The lowest BCUT2D eigenvalue weighted by molar-refractivity contribution is -0.149. The first-order valence-corrected chi connectivity index (χ1v) is 12.8. The Morgan fingerprint density at radius 2 is 2.06 bits per heavy atom. The smallest absolute Gasteiger partial charge is 0.340 e. The molecule has 0 aromatic carbocycles. The van der Waals surface area contributed by atoms with Crippen molar-refractivity contribution in [3.63, 3.8) is 0 Å². The third-order valence-electron chi connectivity index (χ3n) is 5.48. The summed E-state index contributed by atoms with van der Waals surface area (Å²) >= 11 is 1.42. The molecule has 1 aromatic rings. The maximum Gasteiger partial charge on any atom is 0.340 e. The van der Waals surface area contributed by atoms with Gasteiger partial charge in [-0.3, -0.25) is 4.79 Å². The second kappa shape index (κ2) is 8.88. The molecule has 0 spiro atoms. The lowest BCUT2D eigenvalue weighted by Crippen LogP contribution is -2.37. The number of thiophene rings is 1. The van der Waals surface area contributed by atoms with Gasteiger partial charge in [-0.25, -0.2) is 13.2 Å². The van der Waals surface area contributed by atoms with E-state index in [1.165, 1.54) is 36.6 Å². The van der Waals surface area contributed by atoms with Gasteiger partial charge in [0.05, 0.1) is 16.9 Å². The largest absolute Gasteiger partial charge is 0.449 e. The van der Waals surface area contributed by atoms with Crippen molar-refractivity contribution in [3.8, 4) is 6.07 Å². The number of amidine groups is 1. The van der Waals surface area contributed by atoms with Crippen molar-refractivity contribution in [2.45, 2.75) is 45.1 Å². The highest BCUT2D eigenvalue weighted by Gasteiger charge is 2.28. The van der Waals surface area contributed by atoms with E-state index in [1.807, 2.05) is 0 Å². The van der Waals surface area contributed by atoms with Crippen LogP contribution in [0.3, 0.4) is 0 Å². The number of aryl methyl sites for hydroxylation is 1. The topological polar surface area (TPSA) is 129 Å². The van der Waals surface area contributed by atoms with Gasteiger partial charge in [-0.15, -0.1) is 15.7 Å². The predicted molar refractivity (Wildman–Crippen MR) is 120 cm³/mol. The standard InChI is InChI=1S/C21H22N4O5S2/c1-13(19(26)23-20-16(11-22)15-5-3-2-4-6-17(15)31-20)30-21(27)14-7-8-18-24-32(28,29)10-9-25(18)12-14/h7-8,12-13H,2-6,9-10H2,1H3,(H,23,26). The number of nitrogens with one attached hydrogen (secondary N) is 1. The summed E-state index contributed by atoms with van der Waals surface area (Å²) in [5, 5.41) is 12.8. The van der Waals surface area contributed by atoms with Crippen LogP contribution in [0.25, 0.3) is 0 Å². The lowest BCUT2D eigenvalue weighted by Gasteiger charge is -2.27. The number of hydrogen-bond donors (Lipinski definition) is 1. The van der Waals surface area contributed by atoms with Crippen LogP contribution in [0.15, 0.2) is 28.3 Å². The fourth-order valence-corrected chi connectivity index (χ4v) is 5.98. The summed E-state index contributed by atoms with van der Waals surface area (Å²) in [5.74, 6) is -1.13. The second-order valence-electron chi connectivity index (χ2n) is 7.76. The van der Waals surface area contributed by atoms with Gasteiger partial charge in [-0.1, -0.05) is 6.42 Å². The molecule has 0 radical (unpaired) electrons. The number of carbonyl (C=O) groups is 2. The summed E-state index contributed by atoms with van der Waals surface area (Å²) in [4.78, 5) is 27.9. The van der Waals surface area contributed by atoms with Gasteiger partial charge in [0.2, 0.25) is 0 Å². The molecule has 32 heavy (non-hydrogen) atoms. The molecular formula is C21H22N4O5S2. The zero-order chi connectivity index (χ0) is 22.9. The molecule has 0 saturated heterocycles. The molecule has 9 nitrogen and oxygen atoms in total. The van der Waals surface area contributed by atoms with Gasteiger partial charge < -0.3 is 15.0 Å². The van der Waals surface area contributed by atoms with E-state index in [1.54, 1.807) is 4.90 Å². The summed E-state index contributed by atoms with van der Waals surface area (Å²) in [5.41, 5.74) is 1.71. The van der Waals surface area contributed by atoms with E-state index in [-0.39, 0.29) is 23.7 Å². The first kappa shape index (κ1) is 22.2. The fraction of sp³-hybridized carbons (Fsp3) is 0.429. The average molecular weight is 475 g/mol. The molecule has 0 saturated carbocycles. The van der Waals surface area contributed by atoms with Crippen LogP contribution < -0.4 is 5.32 Å². The molecule has 1 atom stereocenters. The van der Waals surface area contributed by atoms with E-state index in [0.29, 0.717) is 10.6 Å². The van der Waals surface area contributed by atoms with Crippen molar-refractivity contribution >= 4 is 44.1 Å². The normalized spacial score (nSPS) is 19.9. The van der Waals surface area contributed by atoms with Crippen molar-refractivity contribution in [1.82, 2.24) is 4.90 Å². The number of ether oxygens (including phenoxy) is 1. The number of hydrogen-bond acceptors (Lipinski definition) is 8. The number of rotatable bonds is 4. The van der Waals surface area contributed by atoms with Gasteiger partial charge in [0, 0.05) is 17.6 Å². The van der Waals surface area contributed by atoms with Crippen LogP contribution in [0, 0.1) is 11.3 Å². The highest BCUT2D eigenvalue weighted by molar-refractivity contribution is 7.90. The number of sulfonamides is 1. The Morgan fingerprint density at radius 3 is 2.84 bits per heavy atom. The van der Waals surface area contributed by atoms with Gasteiger partial charge in [-0.05, 0) is 50.3 Å². The number of fused-ring (bicyclic) bond motifs is 2. The molecule has 4 rings (SSSR count). The van der Waals surface area contributed by atoms with Crippen molar-refractivity contribution in [3.05, 3.63) is 39.9 Å². The number of anilines is 1. The van der Waals surface area contributed by atoms with Gasteiger partial charge in [-0.2, -0.15) is 5.26 Å². The third kappa shape index (κ3) is 4.61. The van der Waals surface area contributed by atoms with Gasteiger partial charge in [0.15, 0.2) is 6.10 Å². The molecule has 0 fully saturated rings. The molecule has 3 heterocycles. The molecule has 2 aliphatic heterocycles. The molecular weight excluding hydrogens is 452 g/mol. The molecule has 168 valence electrons. The predicted octanol–water partition coefficient (Wildman–Crippen LogP) is 2.26. The van der Waals surface area contributed by atoms with E-state index >= 15 is 0 Å². The minimum absolute atomic E-state index is 0.145. The zero-order valence-corrected chi connectivity index (χ0v) is 19.1. The molecule has 1 amide bonds. The summed E-state index contributed by atoms with van der Waals surface area (Å²) in [6, 6.07) is 2.21. The van der Waals surface area contributed by atoms with Crippen LogP contribution in [0.2, 0.25) is 0 Å². The molecule has 1 unspecified atom stereocenters. The van der Waals surface area contributed by atoms with Crippen molar-refractivity contribution in [1.29, 1.82) is 5.26 Å². The summed E-state index contributed by atoms with van der Waals surface area (Å²) in [6.45, 7) is 1.64. The molecule has 1 aromatic heterocycles. The van der Waals surface area contributed by atoms with Crippen molar-refractivity contribution in [2.75, 3.05) is 17.6 Å². The first-order chi connectivity index (χ1) is 15.3. The van der Waals surface area contributed by atoms with Crippen LogP contribution in [-0.4, -0.2) is 49.4 Å². The first-order valence-electron chi connectivity index (χ1n) is 10.3. The molecule has 1 aliphatic carbocycles. The summed E-state index contributed by atoms with van der Waals surface area (Å²) in [6.07, 6.45) is 8.18. The quantitative estimate of drug-likeness (QED) is 0.523. The third-order valence-corrected chi connectivity index (χ3v) is 7.85. The molecule has 11 heteroatoms. The van der Waals surface area contributed by atoms with Crippen molar-refractivity contribution in [2.24, 2.45) is 4.40 Å². The summed E-state index contributed by atoms with van der Waals surface area (Å²) in [7, 11) is -3.49. The van der Waals surface area contributed by atoms with Crippen LogP contribution >= 0.6 is 11.3 Å². The van der Waals surface area contributed by atoms with Crippen LogP contribution in [0.1, 0.15) is 42.2 Å². The SMILES string of the molecule is CC(OC(=O)C1=CN2CCS(=O)(=O)N=C2C=C1)C(=O)Nc1sc2c(c1C#N)CCCCC2. The maximum atomic E-state index is 12.7.